The van der Waals surface area contributed by atoms with E-state index in [4.69, 9.17) is 17.3 Å². The Hall–Kier alpha value is -2.14. The average Bonchev–Trinajstić information content (AvgIpc) is 2.41. The van der Waals surface area contributed by atoms with Gasteiger partial charge in [-0.25, -0.2) is 9.37 Å². The van der Waals surface area contributed by atoms with E-state index in [1.165, 1.54) is 24.4 Å². The van der Waals surface area contributed by atoms with Crippen LogP contribution in [-0.2, 0) is 5.54 Å². The molecule has 0 atom stereocenters. The molecule has 2 aromatic rings. The first-order chi connectivity index (χ1) is 9.79. The van der Waals surface area contributed by atoms with Crippen LogP contribution < -0.4 is 11.1 Å². The third-order valence-corrected chi connectivity index (χ3v) is 3.43. The second-order valence-electron chi connectivity index (χ2n) is 5.18. The molecule has 0 saturated carbocycles. The standard InChI is InChI=1S/C15H15ClFN3O/c1-15(2,10-3-5-11(17)6-4-10)20-14(21)9-7-12(16)13(18)19-8-9/h3-8H,1-2H3,(H2,18,19)(H,20,21). The number of amides is 1. The van der Waals surface area contributed by atoms with Gasteiger partial charge in [0.05, 0.1) is 16.1 Å². The van der Waals surface area contributed by atoms with Crippen molar-refractivity contribution in [3.8, 4) is 0 Å². The van der Waals surface area contributed by atoms with Gasteiger partial charge in [0, 0.05) is 6.20 Å². The maximum absolute atomic E-state index is 13.0. The van der Waals surface area contributed by atoms with Gasteiger partial charge in [-0.05, 0) is 37.6 Å². The van der Waals surface area contributed by atoms with Crippen LogP contribution in [0, 0.1) is 5.82 Å². The Labute approximate surface area is 127 Å². The van der Waals surface area contributed by atoms with Crippen molar-refractivity contribution in [1.29, 1.82) is 0 Å². The molecular formula is C15H15ClFN3O. The highest BCUT2D eigenvalue weighted by Gasteiger charge is 2.24. The molecule has 0 bridgehead atoms. The zero-order chi connectivity index (χ0) is 15.6. The molecule has 3 N–H and O–H groups in total. The summed E-state index contributed by atoms with van der Waals surface area (Å²) in [6.07, 6.45) is 1.36. The molecule has 2 rings (SSSR count). The molecule has 0 aliphatic heterocycles. The maximum Gasteiger partial charge on any atom is 0.253 e. The second kappa shape index (κ2) is 5.69. The van der Waals surface area contributed by atoms with Crippen molar-refractivity contribution in [3.05, 3.63) is 58.5 Å². The summed E-state index contributed by atoms with van der Waals surface area (Å²) in [7, 11) is 0. The van der Waals surface area contributed by atoms with E-state index in [0.717, 1.165) is 5.56 Å². The number of nitrogens with two attached hydrogens (primary N) is 1. The maximum atomic E-state index is 13.0. The number of nitrogens with zero attached hydrogens (tertiary/aromatic N) is 1. The molecule has 0 saturated heterocycles. The first-order valence-electron chi connectivity index (χ1n) is 6.29. The third-order valence-electron chi connectivity index (χ3n) is 3.12. The number of rotatable bonds is 3. The number of pyridine rings is 1. The van der Waals surface area contributed by atoms with Crippen molar-refractivity contribution in [2.75, 3.05) is 5.73 Å². The van der Waals surface area contributed by atoms with Crippen LogP contribution in [0.5, 0.6) is 0 Å². The van der Waals surface area contributed by atoms with Crippen LogP contribution in [0.25, 0.3) is 0 Å². The molecule has 110 valence electrons. The summed E-state index contributed by atoms with van der Waals surface area (Å²) in [5, 5.41) is 3.08. The van der Waals surface area contributed by atoms with E-state index in [2.05, 4.69) is 10.3 Å². The van der Waals surface area contributed by atoms with E-state index in [1.807, 2.05) is 13.8 Å². The normalized spacial score (nSPS) is 11.2. The first kappa shape index (κ1) is 15.3. The Morgan fingerprint density at radius 2 is 1.95 bits per heavy atom. The summed E-state index contributed by atoms with van der Waals surface area (Å²) in [4.78, 5) is 16.1. The third kappa shape index (κ3) is 3.49. The summed E-state index contributed by atoms with van der Waals surface area (Å²) in [5.74, 6) is -0.486. The van der Waals surface area contributed by atoms with Gasteiger partial charge in [-0.15, -0.1) is 0 Å². The fourth-order valence-electron chi connectivity index (χ4n) is 1.87. The number of hydrogen-bond donors (Lipinski definition) is 2. The van der Waals surface area contributed by atoms with Crippen molar-refractivity contribution in [2.24, 2.45) is 0 Å². The van der Waals surface area contributed by atoms with Gasteiger partial charge in [-0.2, -0.15) is 0 Å². The molecular weight excluding hydrogens is 293 g/mol. The van der Waals surface area contributed by atoms with Crippen molar-refractivity contribution in [1.82, 2.24) is 10.3 Å². The van der Waals surface area contributed by atoms with Crippen molar-refractivity contribution < 1.29 is 9.18 Å². The Bertz CT molecular complexity index is 671. The molecule has 0 fully saturated rings. The highest BCUT2D eigenvalue weighted by atomic mass is 35.5. The van der Waals surface area contributed by atoms with Crippen molar-refractivity contribution in [3.63, 3.8) is 0 Å². The summed E-state index contributed by atoms with van der Waals surface area (Å²) in [6, 6.07) is 7.42. The molecule has 4 nitrogen and oxygen atoms in total. The number of halogens is 2. The molecule has 0 unspecified atom stereocenters. The number of carbonyl (C=O) groups excluding carboxylic acids is 1. The minimum Gasteiger partial charge on any atom is -0.382 e. The molecule has 0 aliphatic carbocycles. The predicted octanol–water partition coefficient (Wildman–Crippen LogP) is 3.12. The Morgan fingerprint density at radius 3 is 2.52 bits per heavy atom. The monoisotopic (exact) mass is 307 g/mol. The zero-order valence-electron chi connectivity index (χ0n) is 11.7. The lowest BCUT2D eigenvalue weighted by Crippen LogP contribution is -2.41. The number of nitrogens with one attached hydrogen (secondary N) is 1. The van der Waals surface area contributed by atoms with Gasteiger partial charge in [-0.1, -0.05) is 23.7 Å². The van der Waals surface area contributed by atoms with E-state index in [-0.39, 0.29) is 22.6 Å². The van der Waals surface area contributed by atoms with Gasteiger partial charge in [-0.3, -0.25) is 4.79 Å². The SMILES string of the molecule is CC(C)(NC(=O)c1cnc(N)c(Cl)c1)c1ccc(F)cc1. The van der Waals surface area contributed by atoms with Crippen LogP contribution in [0.3, 0.4) is 0 Å². The highest BCUT2D eigenvalue weighted by Crippen LogP contribution is 2.22. The average molecular weight is 308 g/mol. The van der Waals surface area contributed by atoms with Gasteiger partial charge < -0.3 is 11.1 Å². The van der Waals surface area contributed by atoms with Crippen molar-refractivity contribution in [2.45, 2.75) is 19.4 Å². The topological polar surface area (TPSA) is 68.0 Å². The molecule has 6 heteroatoms. The number of anilines is 1. The number of aromatic nitrogens is 1. The number of hydrogen-bond acceptors (Lipinski definition) is 3. The molecule has 1 aromatic carbocycles. The van der Waals surface area contributed by atoms with Crippen LogP contribution in [0.15, 0.2) is 36.5 Å². The molecule has 0 spiro atoms. The van der Waals surface area contributed by atoms with Crippen LogP contribution in [0.2, 0.25) is 5.02 Å². The molecule has 1 amide bonds. The summed E-state index contributed by atoms with van der Waals surface area (Å²) in [5.41, 5.74) is 5.94. The minimum atomic E-state index is -0.668. The van der Waals surface area contributed by atoms with Gasteiger partial charge in [0.2, 0.25) is 0 Å². The fraction of sp³-hybridized carbons (Fsp3) is 0.200. The quantitative estimate of drug-likeness (QED) is 0.915. The smallest absolute Gasteiger partial charge is 0.253 e. The van der Waals surface area contributed by atoms with Gasteiger partial charge >= 0.3 is 0 Å². The fourth-order valence-corrected chi connectivity index (χ4v) is 2.03. The molecule has 21 heavy (non-hydrogen) atoms. The van der Waals surface area contributed by atoms with E-state index in [0.29, 0.717) is 5.56 Å². The van der Waals surface area contributed by atoms with E-state index >= 15 is 0 Å². The van der Waals surface area contributed by atoms with Crippen LogP contribution in [0.1, 0.15) is 29.8 Å². The highest BCUT2D eigenvalue weighted by molar-refractivity contribution is 6.33. The lowest BCUT2D eigenvalue weighted by Gasteiger charge is -2.27. The van der Waals surface area contributed by atoms with Crippen LogP contribution in [0.4, 0.5) is 10.2 Å². The Kier molecular flexibility index (Phi) is 4.14. The van der Waals surface area contributed by atoms with Gasteiger partial charge in [0.15, 0.2) is 0 Å². The summed E-state index contributed by atoms with van der Waals surface area (Å²) >= 11 is 5.85. The van der Waals surface area contributed by atoms with Gasteiger partial charge in [0.25, 0.3) is 5.91 Å². The van der Waals surface area contributed by atoms with Gasteiger partial charge in [0.1, 0.15) is 11.6 Å². The van der Waals surface area contributed by atoms with Crippen LogP contribution >= 0.6 is 11.6 Å². The van der Waals surface area contributed by atoms with Crippen LogP contribution in [-0.4, -0.2) is 10.9 Å². The predicted molar refractivity (Wildman–Crippen MR) is 80.6 cm³/mol. The Balaban J connectivity index is 2.21. The van der Waals surface area contributed by atoms with E-state index < -0.39 is 5.54 Å². The lowest BCUT2D eigenvalue weighted by atomic mass is 9.94. The minimum absolute atomic E-state index is 0.172. The number of carbonyl (C=O) groups is 1. The molecule has 1 heterocycles. The molecule has 0 radical (unpaired) electrons. The largest absolute Gasteiger partial charge is 0.382 e. The lowest BCUT2D eigenvalue weighted by molar-refractivity contribution is 0.0911. The summed E-state index contributed by atoms with van der Waals surface area (Å²) < 4.78 is 13.0. The summed E-state index contributed by atoms with van der Waals surface area (Å²) in [6.45, 7) is 3.65. The number of benzene rings is 1. The van der Waals surface area contributed by atoms with E-state index in [9.17, 15) is 9.18 Å². The first-order valence-corrected chi connectivity index (χ1v) is 6.67. The second-order valence-corrected chi connectivity index (χ2v) is 5.58. The Morgan fingerprint density at radius 1 is 1.33 bits per heavy atom. The zero-order valence-corrected chi connectivity index (χ0v) is 12.4. The molecule has 1 aromatic heterocycles. The molecule has 0 aliphatic rings. The van der Waals surface area contributed by atoms with Crippen molar-refractivity contribution >= 4 is 23.3 Å². The number of nitrogen functional groups attached to an aromatic ring is 1. The van der Waals surface area contributed by atoms with E-state index in [1.54, 1.807) is 12.1 Å².